The van der Waals surface area contributed by atoms with Crippen LogP contribution in [0.25, 0.3) is 0 Å². The first-order valence-corrected chi connectivity index (χ1v) is 4.93. The monoisotopic (exact) mass is 188 g/mol. The Balaban J connectivity index is 1.88. The number of aliphatic carboxylic acids is 1. The van der Waals surface area contributed by atoms with Crippen molar-refractivity contribution in [3.63, 3.8) is 0 Å². The molecule has 2 fully saturated rings. The summed E-state index contributed by atoms with van der Waals surface area (Å²) in [6.07, 6.45) is 1.02. The first kappa shape index (κ1) is 8.34. The lowest BCUT2D eigenvalue weighted by molar-refractivity contribution is -0.308. The maximum atomic E-state index is 10.4. The Labute approximate surface area is 74.7 Å². The van der Waals surface area contributed by atoms with Gasteiger partial charge in [-0.25, -0.2) is 0 Å². The van der Waals surface area contributed by atoms with Gasteiger partial charge in [0.1, 0.15) is 4.93 Å². The predicted octanol–water partition coefficient (Wildman–Crippen LogP) is -1.44. The van der Waals surface area contributed by atoms with Crippen molar-refractivity contribution in [3.8, 4) is 0 Å². The van der Waals surface area contributed by atoms with Crippen molar-refractivity contribution in [2.45, 2.75) is 17.4 Å². The van der Waals surface area contributed by atoms with E-state index < -0.39 is 12.0 Å². The van der Waals surface area contributed by atoms with E-state index in [1.54, 1.807) is 11.8 Å². The molecule has 2 atom stereocenters. The van der Waals surface area contributed by atoms with Gasteiger partial charge in [0.15, 0.2) is 0 Å². The molecular weight excluding hydrogens is 178 g/mol. The van der Waals surface area contributed by atoms with Crippen LogP contribution in [0, 0.1) is 0 Å². The van der Waals surface area contributed by atoms with Crippen LogP contribution in [0.4, 0.5) is 0 Å². The molecule has 0 aliphatic carbocycles. The van der Waals surface area contributed by atoms with E-state index >= 15 is 0 Å². The Hall–Kier alpha value is -0.260. The van der Waals surface area contributed by atoms with Gasteiger partial charge in [-0.3, -0.25) is 0 Å². The molecule has 2 unspecified atom stereocenters. The van der Waals surface area contributed by atoms with Crippen LogP contribution in [0.5, 0.6) is 0 Å². The molecule has 2 saturated heterocycles. The minimum atomic E-state index is -1.02. The summed E-state index contributed by atoms with van der Waals surface area (Å²) >= 11 is 1.58. The molecule has 12 heavy (non-hydrogen) atoms. The van der Waals surface area contributed by atoms with E-state index in [1.165, 1.54) is 0 Å². The lowest BCUT2D eigenvalue weighted by Gasteiger charge is -2.46. The van der Waals surface area contributed by atoms with Crippen LogP contribution >= 0.6 is 11.8 Å². The lowest BCUT2D eigenvalue weighted by atomic mass is 10.1. The molecule has 0 aromatic heterocycles. The standard InChI is InChI=1S/C7H11NO3S/c9-6(10)5-3-12-7(4-8-5)1-2-11-7/h5,8H,1-4H2,(H,9,10)/p-1. The summed E-state index contributed by atoms with van der Waals surface area (Å²) in [6.45, 7) is 1.42. The summed E-state index contributed by atoms with van der Waals surface area (Å²) in [7, 11) is 0. The number of carboxylic acid groups (broad SMARTS) is 1. The Morgan fingerprint density at radius 3 is 2.83 bits per heavy atom. The number of carboxylic acids is 1. The second kappa shape index (κ2) is 2.90. The van der Waals surface area contributed by atoms with E-state index in [2.05, 4.69) is 5.32 Å². The Morgan fingerprint density at radius 2 is 2.50 bits per heavy atom. The van der Waals surface area contributed by atoms with Crippen LogP contribution < -0.4 is 10.4 Å². The molecule has 68 valence electrons. The maximum absolute atomic E-state index is 10.4. The highest BCUT2D eigenvalue weighted by Crippen LogP contribution is 2.39. The normalized spacial score (nSPS) is 40.8. The van der Waals surface area contributed by atoms with Gasteiger partial charge in [-0.2, -0.15) is 0 Å². The van der Waals surface area contributed by atoms with Gasteiger partial charge in [0, 0.05) is 18.7 Å². The number of hydrogen-bond donors (Lipinski definition) is 1. The van der Waals surface area contributed by atoms with Gasteiger partial charge in [-0.05, 0) is 0 Å². The summed E-state index contributed by atoms with van der Waals surface area (Å²) in [6, 6.07) is -0.509. The minimum absolute atomic E-state index is 0.119. The molecule has 1 spiro atoms. The lowest BCUT2D eigenvalue weighted by Crippen LogP contribution is -2.60. The molecule has 0 radical (unpaired) electrons. The molecular formula is C7H10NO3S-. The van der Waals surface area contributed by atoms with Crippen LogP contribution in [-0.2, 0) is 9.53 Å². The van der Waals surface area contributed by atoms with E-state index in [1.807, 2.05) is 0 Å². The number of carbonyl (C=O) groups excluding carboxylic acids is 1. The molecule has 2 aliphatic heterocycles. The molecule has 5 heteroatoms. The molecule has 0 bridgehead atoms. The predicted molar refractivity (Wildman–Crippen MR) is 42.6 cm³/mol. The Bertz CT molecular complexity index is 195. The van der Waals surface area contributed by atoms with Crippen LogP contribution in [0.1, 0.15) is 6.42 Å². The fraction of sp³-hybridized carbons (Fsp3) is 0.857. The number of carbonyl (C=O) groups is 1. The summed E-state index contributed by atoms with van der Waals surface area (Å²) in [5.74, 6) is -0.473. The Morgan fingerprint density at radius 1 is 1.75 bits per heavy atom. The fourth-order valence-corrected chi connectivity index (χ4v) is 2.66. The van der Waals surface area contributed by atoms with Crippen LogP contribution in [0.2, 0.25) is 0 Å². The van der Waals surface area contributed by atoms with E-state index in [0.29, 0.717) is 12.3 Å². The van der Waals surface area contributed by atoms with Gasteiger partial charge >= 0.3 is 0 Å². The van der Waals surface area contributed by atoms with Crippen molar-refractivity contribution in [1.82, 2.24) is 5.32 Å². The molecule has 0 aromatic rings. The topological polar surface area (TPSA) is 61.4 Å². The van der Waals surface area contributed by atoms with Gasteiger partial charge in [0.05, 0.1) is 18.6 Å². The average Bonchev–Trinajstić information content (AvgIpc) is 2.02. The first-order chi connectivity index (χ1) is 5.72. The van der Waals surface area contributed by atoms with Crippen LogP contribution in [0.3, 0.4) is 0 Å². The van der Waals surface area contributed by atoms with Crippen molar-refractivity contribution in [3.05, 3.63) is 0 Å². The van der Waals surface area contributed by atoms with Crippen LogP contribution in [-0.4, -0.2) is 35.8 Å². The zero-order valence-electron chi connectivity index (χ0n) is 6.54. The van der Waals surface area contributed by atoms with E-state index in [4.69, 9.17) is 4.74 Å². The molecule has 0 amide bonds. The first-order valence-electron chi connectivity index (χ1n) is 3.94. The quantitative estimate of drug-likeness (QED) is 0.546. The second-order valence-corrected chi connectivity index (χ2v) is 4.44. The highest BCUT2D eigenvalue weighted by atomic mass is 32.2. The van der Waals surface area contributed by atoms with E-state index in [-0.39, 0.29) is 4.93 Å². The molecule has 0 aromatic carbocycles. The SMILES string of the molecule is O=C([O-])C1CSC2(CCO2)CN1. The van der Waals surface area contributed by atoms with Crippen molar-refractivity contribution >= 4 is 17.7 Å². The highest BCUT2D eigenvalue weighted by Gasteiger charge is 2.42. The molecule has 2 heterocycles. The van der Waals surface area contributed by atoms with E-state index in [0.717, 1.165) is 13.0 Å². The largest absolute Gasteiger partial charge is 0.548 e. The molecule has 4 nitrogen and oxygen atoms in total. The average molecular weight is 188 g/mol. The van der Waals surface area contributed by atoms with Gasteiger partial charge in [0.2, 0.25) is 0 Å². The van der Waals surface area contributed by atoms with Crippen molar-refractivity contribution in [2.24, 2.45) is 0 Å². The minimum Gasteiger partial charge on any atom is -0.548 e. The summed E-state index contributed by atoms with van der Waals surface area (Å²) in [5, 5.41) is 13.3. The third-order valence-electron chi connectivity index (χ3n) is 2.26. The second-order valence-electron chi connectivity index (χ2n) is 3.07. The number of rotatable bonds is 1. The van der Waals surface area contributed by atoms with Gasteiger partial charge < -0.3 is 20.0 Å². The zero-order valence-corrected chi connectivity index (χ0v) is 7.36. The third kappa shape index (κ3) is 1.32. The van der Waals surface area contributed by atoms with Crippen molar-refractivity contribution in [1.29, 1.82) is 0 Å². The summed E-state index contributed by atoms with van der Waals surface area (Å²) in [4.78, 5) is 10.3. The number of hydrogen-bond acceptors (Lipinski definition) is 5. The smallest absolute Gasteiger partial charge is 0.128 e. The molecule has 2 rings (SSSR count). The van der Waals surface area contributed by atoms with Crippen molar-refractivity contribution < 1.29 is 14.6 Å². The van der Waals surface area contributed by atoms with Gasteiger partial charge in [-0.1, -0.05) is 0 Å². The van der Waals surface area contributed by atoms with Gasteiger partial charge in [-0.15, -0.1) is 11.8 Å². The maximum Gasteiger partial charge on any atom is 0.128 e. The van der Waals surface area contributed by atoms with Crippen LogP contribution in [0.15, 0.2) is 0 Å². The number of thioether (sulfide) groups is 1. The number of ether oxygens (including phenoxy) is 1. The number of nitrogens with one attached hydrogen (secondary N) is 1. The van der Waals surface area contributed by atoms with Crippen molar-refractivity contribution in [2.75, 3.05) is 18.9 Å². The fourth-order valence-electron chi connectivity index (χ4n) is 1.36. The Kier molecular flexibility index (Phi) is 2.02. The summed E-state index contributed by atoms with van der Waals surface area (Å²) < 4.78 is 5.37. The molecule has 1 N–H and O–H groups in total. The zero-order chi connectivity index (χ0) is 8.60. The third-order valence-corrected chi connectivity index (χ3v) is 3.76. The molecule has 2 aliphatic rings. The molecule has 0 saturated carbocycles. The highest BCUT2D eigenvalue weighted by molar-refractivity contribution is 8.00. The van der Waals surface area contributed by atoms with E-state index in [9.17, 15) is 9.90 Å². The van der Waals surface area contributed by atoms with Gasteiger partial charge in [0.25, 0.3) is 0 Å². The summed E-state index contributed by atoms with van der Waals surface area (Å²) in [5.41, 5.74) is 0.